The van der Waals surface area contributed by atoms with E-state index in [1.807, 2.05) is 6.07 Å². The summed E-state index contributed by atoms with van der Waals surface area (Å²) < 4.78 is 0. The molecule has 0 saturated heterocycles. The number of benzene rings is 1. The average Bonchev–Trinajstić information content (AvgIpc) is 2.48. The van der Waals surface area contributed by atoms with E-state index in [0.717, 1.165) is 38.2 Å². The van der Waals surface area contributed by atoms with Crippen LogP contribution in [0.4, 0.5) is 11.4 Å². The van der Waals surface area contributed by atoms with Gasteiger partial charge in [0.25, 0.3) is 5.69 Å². The molecule has 0 unspecified atom stereocenters. The van der Waals surface area contributed by atoms with E-state index in [1.165, 1.54) is 17.7 Å². The van der Waals surface area contributed by atoms with E-state index in [-0.39, 0.29) is 11.3 Å². The fourth-order valence-corrected chi connectivity index (χ4v) is 2.16. The van der Waals surface area contributed by atoms with Crippen molar-refractivity contribution in [3.63, 3.8) is 0 Å². The third-order valence-electron chi connectivity index (χ3n) is 3.25. The third-order valence-corrected chi connectivity index (χ3v) is 3.25. The Morgan fingerprint density at radius 1 is 1.50 bits per heavy atom. The Labute approximate surface area is 117 Å². The predicted molar refractivity (Wildman–Crippen MR) is 76.5 cm³/mol. The highest BCUT2D eigenvalue weighted by molar-refractivity contribution is 5.58. The summed E-state index contributed by atoms with van der Waals surface area (Å²) in [4.78, 5) is 10.2. The predicted octanol–water partition coefficient (Wildman–Crippen LogP) is 2.19. The lowest BCUT2D eigenvalue weighted by atomic mass is 10.1. The standard InChI is InChI=1S/C14H16N4O2/c15-10-12-9-13(1-2-14(12)18(19)20)17-8-5-11-3-6-16-7-4-11/h1-3,9,16-17H,4-8H2. The number of nitro benzene ring substituents is 1. The molecule has 0 radical (unpaired) electrons. The van der Waals surface area contributed by atoms with Gasteiger partial charge in [0, 0.05) is 24.8 Å². The quantitative estimate of drug-likeness (QED) is 0.487. The molecule has 0 fully saturated rings. The Kier molecular flexibility index (Phi) is 4.69. The number of anilines is 1. The van der Waals surface area contributed by atoms with E-state index < -0.39 is 4.92 Å². The molecule has 6 nitrogen and oxygen atoms in total. The Morgan fingerprint density at radius 3 is 3.00 bits per heavy atom. The second-order valence-electron chi connectivity index (χ2n) is 4.59. The number of nitrogens with one attached hydrogen (secondary N) is 2. The number of hydrogen-bond acceptors (Lipinski definition) is 5. The van der Waals surface area contributed by atoms with E-state index in [9.17, 15) is 10.1 Å². The molecule has 1 aromatic carbocycles. The van der Waals surface area contributed by atoms with Crippen molar-refractivity contribution < 1.29 is 4.92 Å². The fourth-order valence-electron chi connectivity index (χ4n) is 2.16. The molecule has 0 amide bonds. The van der Waals surface area contributed by atoms with E-state index in [0.29, 0.717) is 0 Å². The molecule has 0 aromatic heterocycles. The van der Waals surface area contributed by atoms with Crippen LogP contribution in [0.15, 0.2) is 29.8 Å². The van der Waals surface area contributed by atoms with Gasteiger partial charge >= 0.3 is 0 Å². The Bertz CT molecular complexity index is 575. The summed E-state index contributed by atoms with van der Waals surface area (Å²) in [6, 6.07) is 6.38. The highest BCUT2D eigenvalue weighted by Crippen LogP contribution is 2.22. The van der Waals surface area contributed by atoms with Crippen molar-refractivity contribution in [2.24, 2.45) is 0 Å². The highest BCUT2D eigenvalue weighted by atomic mass is 16.6. The van der Waals surface area contributed by atoms with E-state index in [4.69, 9.17) is 5.26 Å². The summed E-state index contributed by atoms with van der Waals surface area (Å²) in [5.41, 5.74) is 2.08. The maximum Gasteiger partial charge on any atom is 0.287 e. The van der Waals surface area contributed by atoms with Crippen molar-refractivity contribution in [1.29, 1.82) is 5.26 Å². The van der Waals surface area contributed by atoms with Crippen LogP contribution in [0.25, 0.3) is 0 Å². The lowest BCUT2D eigenvalue weighted by Gasteiger charge is -2.14. The van der Waals surface area contributed by atoms with Gasteiger partial charge in [-0.2, -0.15) is 5.26 Å². The van der Waals surface area contributed by atoms with Crippen LogP contribution in [0, 0.1) is 21.4 Å². The Balaban J connectivity index is 1.95. The second-order valence-corrected chi connectivity index (χ2v) is 4.59. The Morgan fingerprint density at radius 2 is 2.35 bits per heavy atom. The lowest BCUT2D eigenvalue weighted by molar-refractivity contribution is -0.385. The molecule has 0 aliphatic carbocycles. The number of nitro groups is 1. The van der Waals surface area contributed by atoms with Gasteiger partial charge in [-0.1, -0.05) is 11.6 Å². The van der Waals surface area contributed by atoms with Crippen LogP contribution in [-0.4, -0.2) is 24.6 Å². The maximum absolute atomic E-state index is 10.7. The van der Waals surface area contributed by atoms with Crippen molar-refractivity contribution in [3.8, 4) is 6.07 Å². The summed E-state index contributed by atoms with van der Waals surface area (Å²) in [6.45, 7) is 2.70. The van der Waals surface area contributed by atoms with E-state index in [2.05, 4.69) is 16.7 Å². The maximum atomic E-state index is 10.7. The second kappa shape index (κ2) is 6.68. The molecule has 1 heterocycles. The van der Waals surface area contributed by atoms with Crippen molar-refractivity contribution in [1.82, 2.24) is 5.32 Å². The zero-order valence-corrected chi connectivity index (χ0v) is 11.1. The van der Waals surface area contributed by atoms with Gasteiger partial charge in [-0.05, 0) is 31.5 Å². The van der Waals surface area contributed by atoms with Gasteiger partial charge in [-0.15, -0.1) is 0 Å². The van der Waals surface area contributed by atoms with Crippen LogP contribution < -0.4 is 10.6 Å². The Hall–Kier alpha value is -2.39. The molecule has 0 bridgehead atoms. The fraction of sp³-hybridized carbons (Fsp3) is 0.357. The molecule has 1 aliphatic rings. The summed E-state index contributed by atoms with van der Waals surface area (Å²) in [7, 11) is 0. The summed E-state index contributed by atoms with van der Waals surface area (Å²) in [5, 5.41) is 26.1. The van der Waals surface area contributed by atoms with Crippen molar-refractivity contribution in [2.75, 3.05) is 25.0 Å². The molecule has 6 heteroatoms. The van der Waals surface area contributed by atoms with E-state index >= 15 is 0 Å². The summed E-state index contributed by atoms with van der Waals surface area (Å²) >= 11 is 0. The van der Waals surface area contributed by atoms with Crippen LogP contribution in [0.3, 0.4) is 0 Å². The van der Waals surface area contributed by atoms with Gasteiger partial charge in [0.1, 0.15) is 11.6 Å². The van der Waals surface area contributed by atoms with Crippen LogP contribution >= 0.6 is 0 Å². The van der Waals surface area contributed by atoms with Gasteiger partial charge in [0.15, 0.2) is 0 Å². The minimum atomic E-state index is -0.540. The van der Waals surface area contributed by atoms with Crippen molar-refractivity contribution in [3.05, 3.63) is 45.5 Å². The minimum absolute atomic E-state index is 0.0843. The molecule has 0 atom stereocenters. The number of nitriles is 1. The molecule has 2 rings (SSSR count). The lowest BCUT2D eigenvalue weighted by Crippen LogP contribution is -2.21. The first kappa shape index (κ1) is 14.0. The molecule has 2 N–H and O–H groups in total. The largest absolute Gasteiger partial charge is 0.385 e. The molecule has 1 aliphatic heterocycles. The minimum Gasteiger partial charge on any atom is -0.385 e. The van der Waals surface area contributed by atoms with Gasteiger partial charge in [0.05, 0.1) is 4.92 Å². The molecule has 20 heavy (non-hydrogen) atoms. The SMILES string of the molecule is N#Cc1cc(NCCC2=CCNCC2)ccc1[N+](=O)[O-]. The number of hydrogen-bond donors (Lipinski definition) is 2. The molecule has 0 saturated carbocycles. The van der Waals surface area contributed by atoms with Crippen LogP contribution in [-0.2, 0) is 0 Å². The summed E-state index contributed by atoms with van der Waals surface area (Å²) in [6.07, 6.45) is 4.20. The van der Waals surface area contributed by atoms with Gasteiger partial charge in [-0.25, -0.2) is 0 Å². The van der Waals surface area contributed by atoms with Crippen molar-refractivity contribution >= 4 is 11.4 Å². The highest BCUT2D eigenvalue weighted by Gasteiger charge is 2.13. The average molecular weight is 272 g/mol. The molecular formula is C14H16N4O2. The van der Waals surface area contributed by atoms with E-state index in [1.54, 1.807) is 6.07 Å². The monoisotopic (exact) mass is 272 g/mol. The summed E-state index contributed by atoms with van der Waals surface area (Å²) in [5.74, 6) is 0. The van der Waals surface area contributed by atoms with Gasteiger partial charge < -0.3 is 10.6 Å². The third kappa shape index (κ3) is 3.56. The zero-order chi connectivity index (χ0) is 14.4. The number of rotatable bonds is 5. The topological polar surface area (TPSA) is 91.0 Å². The van der Waals surface area contributed by atoms with Crippen LogP contribution in [0.2, 0.25) is 0 Å². The first-order valence-corrected chi connectivity index (χ1v) is 6.52. The smallest absolute Gasteiger partial charge is 0.287 e. The molecule has 0 spiro atoms. The molecular weight excluding hydrogens is 256 g/mol. The van der Waals surface area contributed by atoms with Crippen LogP contribution in [0.5, 0.6) is 0 Å². The zero-order valence-electron chi connectivity index (χ0n) is 11.1. The number of nitrogens with zero attached hydrogens (tertiary/aromatic N) is 2. The first-order valence-electron chi connectivity index (χ1n) is 6.52. The van der Waals surface area contributed by atoms with Crippen molar-refractivity contribution in [2.45, 2.75) is 12.8 Å². The normalized spacial score (nSPS) is 14.2. The molecule has 1 aromatic rings. The molecule has 104 valence electrons. The van der Waals surface area contributed by atoms with Gasteiger partial charge in [-0.3, -0.25) is 10.1 Å². The van der Waals surface area contributed by atoms with Gasteiger partial charge in [0.2, 0.25) is 0 Å². The first-order chi connectivity index (χ1) is 9.70. The van der Waals surface area contributed by atoms with Crippen LogP contribution in [0.1, 0.15) is 18.4 Å².